The number of aryl methyl sites for hydroxylation is 1. The summed E-state index contributed by atoms with van der Waals surface area (Å²) in [6.07, 6.45) is 11.2. The van der Waals surface area contributed by atoms with E-state index in [4.69, 9.17) is 15.6 Å². The Kier molecular flexibility index (Phi) is 6.22. The smallest absolute Gasteiger partial charge is 0.255 e. The van der Waals surface area contributed by atoms with Crippen LogP contribution in [0.3, 0.4) is 0 Å². The van der Waals surface area contributed by atoms with Crippen molar-refractivity contribution < 1.29 is 9.53 Å². The normalized spacial score (nSPS) is 17.6. The Morgan fingerprint density at radius 3 is 2.90 bits per heavy atom. The Hall–Kier alpha value is -4.25. The summed E-state index contributed by atoms with van der Waals surface area (Å²) in [5.41, 5.74) is 11.7. The van der Waals surface area contributed by atoms with Crippen LogP contribution in [-0.4, -0.2) is 70.5 Å². The maximum Gasteiger partial charge on any atom is 0.255 e. The molecular formula is C29H33N9O2. The van der Waals surface area contributed by atoms with Crippen LogP contribution < -0.4 is 10.5 Å². The van der Waals surface area contributed by atoms with Gasteiger partial charge in [-0.05, 0) is 62.8 Å². The van der Waals surface area contributed by atoms with Crippen LogP contribution >= 0.6 is 0 Å². The summed E-state index contributed by atoms with van der Waals surface area (Å²) >= 11 is 0. The number of ether oxygens (including phenoxy) is 1. The van der Waals surface area contributed by atoms with Crippen LogP contribution in [-0.2, 0) is 13.1 Å². The molecule has 5 aromatic heterocycles. The van der Waals surface area contributed by atoms with Crippen molar-refractivity contribution in [3.63, 3.8) is 0 Å². The number of likely N-dealkylation sites (tertiary alicyclic amines) is 1. The summed E-state index contributed by atoms with van der Waals surface area (Å²) in [4.78, 5) is 23.7. The summed E-state index contributed by atoms with van der Waals surface area (Å²) in [6, 6.07) is 8.15. The zero-order valence-corrected chi connectivity index (χ0v) is 22.6. The molecule has 2 fully saturated rings. The summed E-state index contributed by atoms with van der Waals surface area (Å²) in [5.74, 6) is 1.25. The van der Waals surface area contributed by atoms with Gasteiger partial charge in [-0.2, -0.15) is 10.2 Å². The van der Waals surface area contributed by atoms with E-state index in [0.29, 0.717) is 37.1 Å². The maximum atomic E-state index is 13.2. The lowest BCUT2D eigenvalue weighted by Crippen LogP contribution is -2.45. The Morgan fingerprint density at radius 2 is 2.10 bits per heavy atom. The minimum atomic E-state index is 0.00774. The van der Waals surface area contributed by atoms with Crippen molar-refractivity contribution in [3.05, 3.63) is 60.4 Å². The average molecular weight is 540 g/mol. The number of nitrogens with zero attached hydrogens (tertiary/aromatic N) is 8. The van der Waals surface area contributed by atoms with Gasteiger partial charge < -0.3 is 19.9 Å². The summed E-state index contributed by atoms with van der Waals surface area (Å²) < 4.78 is 12.1. The second-order valence-corrected chi connectivity index (χ2v) is 11.0. The van der Waals surface area contributed by atoms with Crippen LogP contribution in [0.1, 0.15) is 41.6 Å². The molecule has 2 N–H and O–H groups in total. The van der Waals surface area contributed by atoms with Gasteiger partial charge in [0.1, 0.15) is 30.5 Å². The molecule has 0 unspecified atom stereocenters. The van der Waals surface area contributed by atoms with E-state index >= 15 is 0 Å². The second kappa shape index (κ2) is 10.1. The molecule has 0 aromatic carbocycles. The molecule has 6 heterocycles. The van der Waals surface area contributed by atoms with Crippen molar-refractivity contribution in [1.82, 2.24) is 38.8 Å². The fourth-order valence-electron chi connectivity index (χ4n) is 5.74. The van der Waals surface area contributed by atoms with Crippen LogP contribution in [0.25, 0.3) is 27.8 Å². The van der Waals surface area contributed by atoms with E-state index in [0.717, 1.165) is 59.3 Å². The number of amides is 1. The number of carbonyl (C=O) groups is 1. The molecule has 1 amide bonds. The molecule has 0 bridgehead atoms. The van der Waals surface area contributed by atoms with Crippen LogP contribution in [0.2, 0.25) is 0 Å². The number of hydrogen-bond acceptors (Lipinski definition) is 7. The SMILES string of the molecule is Cc1c(-c2cc3ccnc(OCCn4cncn4)c3n2CC2CC2)nn2cc(C(=O)N3CCC[C@@H](N)C3)ccc12. The third-order valence-corrected chi connectivity index (χ3v) is 8.05. The Labute approximate surface area is 231 Å². The molecule has 11 heteroatoms. The minimum Gasteiger partial charge on any atom is -0.474 e. The first-order valence-corrected chi connectivity index (χ1v) is 14.0. The van der Waals surface area contributed by atoms with Crippen molar-refractivity contribution >= 4 is 22.3 Å². The van der Waals surface area contributed by atoms with E-state index in [1.165, 1.54) is 19.2 Å². The van der Waals surface area contributed by atoms with Gasteiger partial charge in [-0.15, -0.1) is 0 Å². The van der Waals surface area contributed by atoms with E-state index in [1.807, 2.05) is 33.8 Å². The second-order valence-electron chi connectivity index (χ2n) is 11.0. The van der Waals surface area contributed by atoms with Gasteiger partial charge in [0.25, 0.3) is 5.91 Å². The molecule has 11 nitrogen and oxygen atoms in total. The minimum absolute atomic E-state index is 0.00774. The molecule has 40 heavy (non-hydrogen) atoms. The molecule has 1 aliphatic heterocycles. The highest BCUT2D eigenvalue weighted by molar-refractivity contribution is 5.95. The van der Waals surface area contributed by atoms with Gasteiger partial charge in [0.05, 0.1) is 23.3 Å². The van der Waals surface area contributed by atoms with Gasteiger partial charge in [-0.1, -0.05) is 0 Å². The third kappa shape index (κ3) is 4.60. The molecule has 0 spiro atoms. The number of nitrogens with two attached hydrogens (primary N) is 1. The van der Waals surface area contributed by atoms with Gasteiger partial charge in [0.15, 0.2) is 0 Å². The molecule has 7 rings (SSSR count). The number of rotatable bonds is 8. The average Bonchev–Trinajstić information content (AvgIpc) is 3.33. The predicted molar refractivity (Wildman–Crippen MR) is 150 cm³/mol. The zero-order chi connectivity index (χ0) is 27.2. The first-order valence-electron chi connectivity index (χ1n) is 14.0. The number of fused-ring (bicyclic) bond motifs is 2. The molecule has 1 saturated carbocycles. The summed E-state index contributed by atoms with van der Waals surface area (Å²) in [6.45, 7) is 5.34. The lowest BCUT2D eigenvalue weighted by atomic mass is 10.1. The third-order valence-electron chi connectivity index (χ3n) is 8.05. The van der Waals surface area contributed by atoms with Gasteiger partial charge in [0, 0.05) is 49.0 Å². The molecule has 1 atom stereocenters. The van der Waals surface area contributed by atoms with Crippen molar-refractivity contribution in [2.45, 2.75) is 51.7 Å². The van der Waals surface area contributed by atoms with Crippen molar-refractivity contribution in [2.24, 2.45) is 11.7 Å². The van der Waals surface area contributed by atoms with Gasteiger partial charge in [-0.25, -0.2) is 19.2 Å². The number of carbonyl (C=O) groups excluding carboxylic acids is 1. The van der Waals surface area contributed by atoms with E-state index < -0.39 is 0 Å². The molecule has 2 aliphatic rings. The quantitative estimate of drug-likeness (QED) is 0.321. The Bertz CT molecular complexity index is 1680. The lowest BCUT2D eigenvalue weighted by molar-refractivity contribution is 0.0708. The van der Waals surface area contributed by atoms with E-state index in [2.05, 4.69) is 32.6 Å². The Balaban J connectivity index is 1.25. The number of aromatic nitrogens is 7. The fourth-order valence-corrected chi connectivity index (χ4v) is 5.74. The maximum absolute atomic E-state index is 13.2. The predicted octanol–water partition coefficient (Wildman–Crippen LogP) is 3.30. The number of pyridine rings is 2. The largest absolute Gasteiger partial charge is 0.474 e. The van der Waals surface area contributed by atoms with Gasteiger partial charge >= 0.3 is 0 Å². The van der Waals surface area contributed by atoms with Crippen LogP contribution in [0.15, 0.2) is 49.3 Å². The van der Waals surface area contributed by atoms with E-state index in [-0.39, 0.29) is 11.9 Å². The molecule has 5 aromatic rings. The lowest BCUT2D eigenvalue weighted by Gasteiger charge is -2.30. The monoisotopic (exact) mass is 539 g/mol. The van der Waals surface area contributed by atoms with Gasteiger partial charge in [0.2, 0.25) is 5.88 Å². The van der Waals surface area contributed by atoms with Crippen molar-refractivity contribution in [3.8, 4) is 17.3 Å². The highest BCUT2D eigenvalue weighted by atomic mass is 16.5. The van der Waals surface area contributed by atoms with Crippen LogP contribution in [0, 0.1) is 12.8 Å². The molecule has 1 aliphatic carbocycles. The number of piperidine rings is 1. The molecule has 206 valence electrons. The van der Waals surface area contributed by atoms with E-state index in [1.54, 1.807) is 17.2 Å². The summed E-state index contributed by atoms with van der Waals surface area (Å²) in [7, 11) is 0. The molecular weight excluding hydrogens is 506 g/mol. The Morgan fingerprint density at radius 1 is 1.20 bits per heavy atom. The van der Waals surface area contributed by atoms with Crippen molar-refractivity contribution in [1.29, 1.82) is 0 Å². The standard InChI is InChI=1S/C29H33N9O2/c1-19-24-7-6-22(29(39)35-10-2-3-23(30)16-35)15-38(24)34-26(19)25-13-21-8-9-32-28(27(21)37(25)14-20-4-5-20)40-12-11-36-18-31-17-33-36/h6-9,13,15,17-18,20,23H,2-5,10-12,14,16,30H2,1H3/t23-/m1/s1. The first kappa shape index (κ1) is 24.8. The molecule has 1 saturated heterocycles. The highest BCUT2D eigenvalue weighted by Gasteiger charge is 2.28. The topological polar surface area (TPSA) is 121 Å². The fraction of sp³-hybridized carbons (Fsp3) is 0.414. The number of hydrogen-bond donors (Lipinski definition) is 1. The van der Waals surface area contributed by atoms with Gasteiger partial charge in [-0.3, -0.25) is 4.79 Å². The van der Waals surface area contributed by atoms with Crippen LogP contribution in [0.5, 0.6) is 5.88 Å². The highest BCUT2D eigenvalue weighted by Crippen LogP contribution is 2.39. The summed E-state index contributed by atoms with van der Waals surface area (Å²) in [5, 5.41) is 10.2. The molecule has 0 radical (unpaired) electrons. The zero-order valence-electron chi connectivity index (χ0n) is 22.6. The van der Waals surface area contributed by atoms with Crippen molar-refractivity contribution in [2.75, 3.05) is 19.7 Å². The first-order chi connectivity index (χ1) is 19.5. The van der Waals surface area contributed by atoms with Crippen LogP contribution in [0.4, 0.5) is 0 Å². The van der Waals surface area contributed by atoms with E-state index in [9.17, 15) is 4.79 Å².